The lowest BCUT2D eigenvalue weighted by atomic mass is 10.2. The molecule has 0 aliphatic heterocycles. The predicted molar refractivity (Wildman–Crippen MR) is 82.3 cm³/mol. The first-order valence-corrected chi connectivity index (χ1v) is 6.97. The maximum Gasteiger partial charge on any atom is 0.417 e. The molecule has 0 saturated heterocycles. The Kier molecular flexibility index (Phi) is 6.56. The van der Waals surface area contributed by atoms with Gasteiger partial charge in [0, 0.05) is 0 Å². The van der Waals surface area contributed by atoms with Crippen molar-refractivity contribution in [1.82, 2.24) is 10.2 Å². The van der Waals surface area contributed by atoms with E-state index in [0.29, 0.717) is 4.90 Å². The first-order chi connectivity index (χ1) is 10.1. The summed E-state index contributed by atoms with van der Waals surface area (Å²) in [6, 6.07) is -1.41. The molecule has 0 spiro atoms. The van der Waals surface area contributed by atoms with Crippen LogP contribution >= 0.6 is 0 Å². The number of alkyl carbamates (subject to hydrolysis) is 1. The van der Waals surface area contributed by atoms with E-state index in [-0.39, 0.29) is 0 Å². The zero-order valence-corrected chi connectivity index (χ0v) is 14.5. The van der Waals surface area contributed by atoms with E-state index in [1.807, 2.05) is 5.32 Å². The monoisotopic (exact) mass is 331 g/mol. The van der Waals surface area contributed by atoms with Gasteiger partial charge >= 0.3 is 18.2 Å². The predicted octanol–water partition coefficient (Wildman–Crippen LogP) is 2.16. The van der Waals surface area contributed by atoms with Gasteiger partial charge in [-0.15, -0.1) is 0 Å². The van der Waals surface area contributed by atoms with Gasteiger partial charge in [-0.25, -0.2) is 19.3 Å². The number of aliphatic carboxylic acids is 1. The molecule has 0 fully saturated rings. The SMILES string of the molecule is CC(C(=O)O)N(C(=N)NC(=O)OC(C)(C)C)C(=O)OC(C)(C)C. The van der Waals surface area contributed by atoms with E-state index in [0.717, 1.165) is 0 Å². The lowest BCUT2D eigenvalue weighted by Crippen LogP contribution is -2.54. The molecule has 0 aromatic rings. The van der Waals surface area contributed by atoms with Crippen LogP contribution in [0.2, 0.25) is 0 Å². The molecule has 9 nitrogen and oxygen atoms in total. The van der Waals surface area contributed by atoms with Crippen molar-refractivity contribution in [1.29, 1.82) is 5.41 Å². The normalized spacial score (nSPS) is 12.8. The minimum Gasteiger partial charge on any atom is -0.480 e. The number of nitrogens with zero attached hydrogens (tertiary/aromatic N) is 1. The molecule has 0 bridgehead atoms. The zero-order chi connectivity index (χ0) is 18.6. The number of guanidine groups is 1. The van der Waals surface area contributed by atoms with Crippen LogP contribution in [0.15, 0.2) is 0 Å². The average Bonchev–Trinajstić information content (AvgIpc) is 2.22. The second kappa shape index (κ2) is 7.30. The molecular formula is C14H25N3O6. The summed E-state index contributed by atoms with van der Waals surface area (Å²) in [5.41, 5.74) is -1.70. The number of carbonyl (C=O) groups excluding carboxylic acids is 2. The lowest BCUT2D eigenvalue weighted by Gasteiger charge is -2.30. The summed E-state index contributed by atoms with van der Waals surface area (Å²) in [6.07, 6.45) is -2.04. The highest BCUT2D eigenvalue weighted by atomic mass is 16.6. The summed E-state index contributed by atoms with van der Waals surface area (Å²) in [6.45, 7) is 10.9. The van der Waals surface area contributed by atoms with Crippen LogP contribution in [0.1, 0.15) is 48.5 Å². The van der Waals surface area contributed by atoms with Crippen molar-refractivity contribution < 1.29 is 29.0 Å². The Morgan fingerprint density at radius 3 is 1.83 bits per heavy atom. The maximum atomic E-state index is 12.1. The summed E-state index contributed by atoms with van der Waals surface area (Å²) in [5, 5.41) is 18.9. The van der Waals surface area contributed by atoms with Gasteiger partial charge in [-0.3, -0.25) is 10.7 Å². The highest BCUT2D eigenvalue weighted by molar-refractivity contribution is 6.02. The molecule has 1 atom stereocenters. The number of carboxylic acid groups (broad SMARTS) is 1. The van der Waals surface area contributed by atoms with Crippen LogP contribution in [0.25, 0.3) is 0 Å². The summed E-state index contributed by atoms with van der Waals surface area (Å²) in [7, 11) is 0. The number of hydrogen-bond donors (Lipinski definition) is 3. The molecule has 0 saturated carbocycles. The van der Waals surface area contributed by atoms with Gasteiger partial charge in [0.2, 0.25) is 5.96 Å². The molecule has 0 aliphatic carbocycles. The highest BCUT2D eigenvalue weighted by Gasteiger charge is 2.34. The second-order valence-electron chi connectivity index (χ2n) is 6.84. The zero-order valence-electron chi connectivity index (χ0n) is 14.5. The van der Waals surface area contributed by atoms with E-state index in [1.54, 1.807) is 41.5 Å². The van der Waals surface area contributed by atoms with Crippen LogP contribution in [0, 0.1) is 5.41 Å². The minimum absolute atomic E-state index is 0.525. The molecule has 1 unspecified atom stereocenters. The minimum atomic E-state index is -1.41. The summed E-state index contributed by atoms with van der Waals surface area (Å²) in [4.78, 5) is 35.5. The van der Waals surface area contributed by atoms with Gasteiger partial charge < -0.3 is 14.6 Å². The number of rotatable bonds is 2. The molecule has 0 rings (SSSR count). The third-order valence-corrected chi connectivity index (χ3v) is 2.20. The number of carboxylic acids is 1. The first-order valence-electron chi connectivity index (χ1n) is 6.97. The number of carbonyl (C=O) groups is 3. The van der Waals surface area contributed by atoms with Crippen LogP contribution in [-0.4, -0.2) is 51.4 Å². The molecule has 9 heteroatoms. The Morgan fingerprint density at radius 1 is 1.04 bits per heavy atom. The van der Waals surface area contributed by atoms with Gasteiger partial charge in [0.15, 0.2) is 0 Å². The molecule has 0 aromatic heterocycles. The van der Waals surface area contributed by atoms with Crippen LogP contribution in [0.5, 0.6) is 0 Å². The molecule has 132 valence electrons. The van der Waals surface area contributed by atoms with E-state index in [4.69, 9.17) is 20.0 Å². The Hall–Kier alpha value is -2.32. The van der Waals surface area contributed by atoms with Gasteiger partial charge in [0.25, 0.3) is 0 Å². The summed E-state index contributed by atoms with van der Waals surface area (Å²) < 4.78 is 10.0. The van der Waals surface area contributed by atoms with Crippen molar-refractivity contribution in [3.05, 3.63) is 0 Å². The van der Waals surface area contributed by atoms with Gasteiger partial charge in [-0.2, -0.15) is 0 Å². The van der Waals surface area contributed by atoms with Gasteiger partial charge in [0.05, 0.1) is 0 Å². The Labute approximate surface area is 135 Å². The van der Waals surface area contributed by atoms with E-state index in [2.05, 4.69) is 0 Å². The van der Waals surface area contributed by atoms with Crippen molar-refractivity contribution in [3.8, 4) is 0 Å². The van der Waals surface area contributed by atoms with Crippen molar-refractivity contribution in [2.45, 2.75) is 65.7 Å². The molecule has 0 aromatic carbocycles. The lowest BCUT2D eigenvalue weighted by molar-refractivity contribution is -0.141. The van der Waals surface area contributed by atoms with E-state index < -0.39 is 41.4 Å². The Balaban J connectivity index is 5.22. The largest absolute Gasteiger partial charge is 0.480 e. The fraction of sp³-hybridized carbons (Fsp3) is 0.714. The van der Waals surface area contributed by atoms with Gasteiger partial charge in [-0.1, -0.05) is 0 Å². The van der Waals surface area contributed by atoms with Crippen molar-refractivity contribution >= 4 is 24.1 Å². The molecule has 0 aliphatic rings. The molecule has 3 N–H and O–H groups in total. The van der Waals surface area contributed by atoms with E-state index in [1.165, 1.54) is 6.92 Å². The number of nitrogens with one attached hydrogen (secondary N) is 2. The van der Waals surface area contributed by atoms with Crippen LogP contribution < -0.4 is 5.32 Å². The number of hydrogen-bond acceptors (Lipinski definition) is 6. The van der Waals surface area contributed by atoms with E-state index in [9.17, 15) is 14.4 Å². The quantitative estimate of drug-likeness (QED) is 0.525. The summed E-state index contributed by atoms with van der Waals surface area (Å²) >= 11 is 0. The van der Waals surface area contributed by atoms with Crippen LogP contribution in [-0.2, 0) is 14.3 Å². The van der Waals surface area contributed by atoms with Crippen LogP contribution in [0.4, 0.5) is 9.59 Å². The van der Waals surface area contributed by atoms with Crippen molar-refractivity contribution in [2.24, 2.45) is 0 Å². The fourth-order valence-corrected chi connectivity index (χ4v) is 1.33. The van der Waals surface area contributed by atoms with Crippen LogP contribution in [0.3, 0.4) is 0 Å². The molecular weight excluding hydrogens is 306 g/mol. The standard InChI is InChI=1S/C14H25N3O6/c1-8(9(18)19)17(12(21)23-14(5,6)7)10(15)16-11(20)22-13(2,3)4/h8H,1-7H3,(H,18,19)(H2,15,16,20). The van der Waals surface area contributed by atoms with Gasteiger partial charge in [0.1, 0.15) is 17.2 Å². The first kappa shape index (κ1) is 20.7. The second-order valence-corrected chi connectivity index (χ2v) is 6.84. The summed E-state index contributed by atoms with van der Waals surface area (Å²) in [5.74, 6) is -2.10. The molecule has 0 radical (unpaired) electrons. The van der Waals surface area contributed by atoms with Crippen molar-refractivity contribution in [3.63, 3.8) is 0 Å². The smallest absolute Gasteiger partial charge is 0.417 e. The van der Waals surface area contributed by atoms with Crippen molar-refractivity contribution in [2.75, 3.05) is 0 Å². The average molecular weight is 331 g/mol. The molecule has 23 heavy (non-hydrogen) atoms. The third kappa shape index (κ3) is 8.03. The highest BCUT2D eigenvalue weighted by Crippen LogP contribution is 2.13. The van der Waals surface area contributed by atoms with Gasteiger partial charge in [-0.05, 0) is 48.5 Å². The molecule has 0 heterocycles. The number of amides is 2. The Bertz CT molecular complexity index is 490. The Morgan fingerprint density at radius 2 is 1.48 bits per heavy atom. The number of ether oxygens (including phenoxy) is 2. The fourth-order valence-electron chi connectivity index (χ4n) is 1.33. The molecule has 2 amide bonds. The third-order valence-electron chi connectivity index (χ3n) is 2.20. The van der Waals surface area contributed by atoms with E-state index >= 15 is 0 Å². The topological polar surface area (TPSA) is 129 Å². The maximum absolute atomic E-state index is 12.1.